The fraction of sp³-hybridized carbons (Fsp3) is 1.00. The fourth-order valence-corrected chi connectivity index (χ4v) is 1.71. The predicted octanol–water partition coefficient (Wildman–Crippen LogP) is 1.07. The zero-order valence-corrected chi connectivity index (χ0v) is 7.71. The van der Waals surface area contributed by atoms with Crippen LogP contribution in [-0.2, 0) is 0 Å². The molecule has 0 aromatic carbocycles. The standard InChI is InChI=1S/C9H20N2/c1-3-8(2)11-5-4-9(6-10)7-11/h8-9H,3-7,10H2,1-2H3/t8-,9+/m0/s1. The van der Waals surface area contributed by atoms with Crippen LogP contribution in [-0.4, -0.2) is 30.6 Å². The lowest BCUT2D eigenvalue weighted by molar-refractivity contribution is 0.244. The number of nitrogens with zero attached hydrogens (tertiary/aromatic N) is 1. The SMILES string of the molecule is CC[C@H](C)N1CC[C@H](CN)C1. The van der Waals surface area contributed by atoms with Crippen LogP contribution in [0.25, 0.3) is 0 Å². The zero-order valence-electron chi connectivity index (χ0n) is 7.71. The van der Waals surface area contributed by atoms with Crippen LogP contribution in [0.5, 0.6) is 0 Å². The Morgan fingerprint density at radius 2 is 2.36 bits per heavy atom. The topological polar surface area (TPSA) is 29.3 Å². The first-order valence-electron chi connectivity index (χ1n) is 4.72. The van der Waals surface area contributed by atoms with Gasteiger partial charge in [0.05, 0.1) is 0 Å². The molecule has 0 saturated carbocycles. The maximum atomic E-state index is 5.61. The second-order valence-electron chi connectivity index (χ2n) is 3.64. The Hall–Kier alpha value is -0.0800. The predicted molar refractivity (Wildman–Crippen MR) is 48.5 cm³/mol. The van der Waals surface area contributed by atoms with E-state index < -0.39 is 0 Å². The van der Waals surface area contributed by atoms with Gasteiger partial charge < -0.3 is 10.6 Å². The molecule has 1 rings (SSSR count). The molecule has 11 heavy (non-hydrogen) atoms. The summed E-state index contributed by atoms with van der Waals surface area (Å²) >= 11 is 0. The summed E-state index contributed by atoms with van der Waals surface area (Å²) in [5.74, 6) is 0.768. The van der Waals surface area contributed by atoms with Gasteiger partial charge in [0.25, 0.3) is 0 Å². The molecule has 2 atom stereocenters. The molecule has 0 aliphatic carbocycles. The monoisotopic (exact) mass is 156 g/mol. The Balaban J connectivity index is 2.29. The molecule has 0 radical (unpaired) electrons. The molecule has 1 heterocycles. The number of likely N-dealkylation sites (tertiary alicyclic amines) is 1. The average molecular weight is 156 g/mol. The van der Waals surface area contributed by atoms with Crippen LogP contribution >= 0.6 is 0 Å². The molecule has 1 aliphatic rings. The summed E-state index contributed by atoms with van der Waals surface area (Å²) in [6, 6.07) is 0.756. The van der Waals surface area contributed by atoms with Crippen molar-refractivity contribution in [1.82, 2.24) is 4.90 Å². The molecule has 1 fully saturated rings. The lowest BCUT2D eigenvalue weighted by atomic mass is 10.1. The van der Waals surface area contributed by atoms with Gasteiger partial charge in [0.2, 0.25) is 0 Å². The minimum Gasteiger partial charge on any atom is -0.330 e. The van der Waals surface area contributed by atoms with E-state index >= 15 is 0 Å². The first-order valence-corrected chi connectivity index (χ1v) is 4.72. The van der Waals surface area contributed by atoms with Crippen molar-refractivity contribution in [2.75, 3.05) is 19.6 Å². The molecule has 2 nitrogen and oxygen atoms in total. The van der Waals surface area contributed by atoms with Crippen LogP contribution < -0.4 is 5.73 Å². The molecular formula is C9H20N2. The molecule has 1 saturated heterocycles. The van der Waals surface area contributed by atoms with E-state index in [0.717, 1.165) is 18.5 Å². The zero-order chi connectivity index (χ0) is 8.27. The van der Waals surface area contributed by atoms with Crippen LogP contribution in [0.3, 0.4) is 0 Å². The molecular weight excluding hydrogens is 136 g/mol. The minimum absolute atomic E-state index is 0.756. The highest BCUT2D eigenvalue weighted by molar-refractivity contribution is 4.79. The van der Waals surface area contributed by atoms with Crippen LogP contribution in [0, 0.1) is 5.92 Å². The van der Waals surface area contributed by atoms with Crippen molar-refractivity contribution < 1.29 is 0 Å². The van der Waals surface area contributed by atoms with Gasteiger partial charge in [0.15, 0.2) is 0 Å². The van der Waals surface area contributed by atoms with Gasteiger partial charge in [-0.1, -0.05) is 6.92 Å². The normalized spacial score (nSPS) is 29.2. The largest absolute Gasteiger partial charge is 0.330 e. The van der Waals surface area contributed by atoms with E-state index in [9.17, 15) is 0 Å². The third kappa shape index (κ3) is 2.17. The second kappa shape index (κ2) is 4.07. The van der Waals surface area contributed by atoms with Gasteiger partial charge in [-0.25, -0.2) is 0 Å². The van der Waals surface area contributed by atoms with Crippen LogP contribution in [0.15, 0.2) is 0 Å². The van der Waals surface area contributed by atoms with Crippen molar-refractivity contribution in [3.63, 3.8) is 0 Å². The van der Waals surface area contributed by atoms with E-state index in [-0.39, 0.29) is 0 Å². The maximum Gasteiger partial charge on any atom is 0.00644 e. The van der Waals surface area contributed by atoms with Crippen molar-refractivity contribution in [1.29, 1.82) is 0 Å². The van der Waals surface area contributed by atoms with Gasteiger partial charge in [-0.2, -0.15) is 0 Å². The molecule has 0 aromatic heterocycles. The summed E-state index contributed by atoms with van der Waals surface area (Å²) in [6.07, 6.45) is 2.57. The number of hydrogen-bond acceptors (Lipinski definition) is 2. The second-order valence-corrected chi connectivity index (χ2v) is 3.64. The first kappa shape index (κ1) is 9.01. The van der Waals surface area contributed by atoms with E-state index in [4.69, 9.17) is 5.73 Å². The summed E-state index contributed by atoms with van der Waals surface area (Å²) in [7, 11) is 0. The van der Waals surface area contributed by atoms with Gasteiger partial charge in [0.1, 0.15) is 0 Å². The third-order valence-corrected chi connectivity index (χ3v) is 2.86. The molecule has 0 bridgehead atoms. The van der Waals surface area contributed by atoms with E-state index in [0.29, 0.717) is 0 Å². The Kier molecular flexibility index (Phi) is 3.34. The summed E-state index contributed by atoms with van der Waals surface area (Å²) in [5, 5.41) is 0. The van der Waals surface area contributed by atoms with Crippen molar-refractivity contribution in [3.05, 3.63) is 0 Å². The molecule has 0 amide bonds. The average Bonchev–Trinajstić information content (AvgIpc) is 2.50. The van der Waals surface area contributed by atoms with Gasteiger partial charge in [0, 0.05) is 12.6 Å². The highest BCUT2D eigenvalue weighted by Crippen LogP contribution is 2.18. The Morgan fingerprint density at radius 1 is 1.64 bits per heavy atom. The number of hydrogen-bond donors (Lipinski definition) is 1. The van der Waals surface area contributed by atoms with E-state index in [1.807, 2.05) is 0 Å². The molecule has 2 heteroatoms. The van der Waals surface area contributed by atoms with Crippen molar-refractivity contribution in [3.8, 4) is 0 Å². The van der Waals surface area contributed by atoms with Gasteiger partial charge in [-0.05, 0) is 38.8 Å². The highest BCUT2D eigenvalue weighted by Gasteiger charge is 2.23. The van der Waals surface area contributed by atoms with Gasteiger partial charge >= 0.3 is 0 Å². The Morgan fingerprint density at radius 3 is 2.82 bits per heavy atom. The molecule has 66 valence electrons. The lowest BCUT2D eigenvalue weighted by Crippen LogP contribution is -2.31. The summed E-state index contributed by atoms with van der Waals surface area (Å²) in [5.41, 5.74) is 5.61. The van der Waals surface area contributed by atoms with Crippen LogP contribution in [0.1, 0.15) is 26.7 Å². The van der Waals surface area contributed by atoms with E-state index in [2.05, 4.69) is 18.7 Å². The molecule has 0 unspecified atom stereocenters. The van der Waals surface area contributed by atoms with E-state index in [1.165, 1.54) is 25.9 Å². The van der Waals surface area contributed by atoms with Gasteiger partial charge in [-0.15, -0.1) is 0 Å². The molecule has 2 N–H and O–H groups in total. The third-order valence-electron chi connectivity index (χ3n) is 2.86. The number of rotatable bonds is 3. The van der Waals surface area contributed by atoms with E-state index in [1.54, 1.807) is 0 Å². The van der Waals surface area contributed by atoms with Crippen molar-refractivity contribution >= 4 is 0 Å². The minimum atomic E-state index is 0.756. The fourth-order valence-electron chi connectivity index (χ4n) is 1.71. The van der Waals surface area contributed by atoms with Gasteiger partial charge in [-0.3, -0.25) is 0 Å². The Labute approximate surface area is 69.8 Å². The Bertz CT molecular complexity index is 114. The molecule has 0 spiro atoms. The van der Waals surface area contributed by atoms with Crippen LogP contribution in [0.4, 0.5) is 0 Å². The quantitative estimate of drug-likeness (QED) is 0.662. The van der Waals surface area contributed by atoms with Crippen molar-refractivity contribution in [2.24, 2.45) is 11.7 Å². The smallest absolute Gasteiger partial charge is 0.00644 e. The number of nitrogens with two attached hydrogens (primary N) is 1. The first-order chi connectivity index (χ1) is 5.27. The van der Waals surface area contributed by atoms with Crippen LogP contribution in [0.2, 0.25) is 0 Å². The lowest BCUT2D eigenvalue weighted by Gasteiger charge is -2.22. The molecule has 0 aromatic rings. The summed E-state index contributed by atoms with van der Waals surface area (Å²) in [6.45, 7) is 7.91. The summed E-state index contributed by atoms with van der Waals surface area (Å²) in [4.78, 5) is 2.55. The van der Waals surface area contributed by atoms with Crippen molar-refractivity contribution in [2.45, 2.75) is 32.7 Å². The molecule has 1 aliphatic heterocycles. The maximum absolute atomic E-state index is 5.61. The summed E-state index contributed by atoms with van der Waals surface area (Å²) < 4.78 is 0. The highest BCUT2D eigenvalue weighted by atomic mass is 15.2.